The fraction of sp³-hybridized carbons (Fsp3) is 0.688. The van der Waals surface area contributed by atoms with Crippen LogP contribution in [0.15, 0.2) is 12.7 Å². The van der Waals surface area contributed by atoms with Crippen molar-refractivity contribution in [2.45, 2.75) is 25.3 Å². The zero-order valence-corrected chi connectivity index (χ0v) is 13.0. The molecule has 2 aromatic heterocycles. The van der Waals surface area contributed by atoms with Gasteiger partial charge in [0.15, 0.2) is 17.0 Å². The van der Waals surface area contributed by atoms with Crippen molar-refractivity contribution in [3.05, 3.63) is 12.7 Å². The third-order valence-corrected chi connectivity index (χ3v) is 5.91. The fourth-order valence-corrected chi connectivity index (χ4v) is 4.59. The van der Waals surface area contributed by atoms with E-state index in [4.69, 9.17) is 0 Å². The summed E-state index contributed by atoms with van der Waals surface area (Å²) in [7, 11) is 1.98. The van der Waals surface area contributed by atoms with E-state index >= 15 is 0 Å². The van der Waals surface area contributed by atoms with E-state index in [1.165, 1.54) is 32.4 Å². The Labute approximate surface area is 130 Å². The number of aromatic nitrogens is 4. The molecule has 2 aliphatic heterocycles. The third kappa shape index (κ3) is 1.79. The van der Waals surface area contributed by atoms with Crippen LogP contribution in [-0.4, -0.2) is 56.6 Å². The highest BCUT2D eigenvalue weighted by atomic mass is 15.4. The molecule has 2 atom stereocenters. The first-order valence-corrected chi connectivity index (χ1v) is 8.40. The summed E-state index contributed by atoms with van der Waals surface area (Å²) in [6.45, 7) is 4.82. The monoisotopic (exact) mass is 298 g/mol. The predicted molar refractivity (Wildman–Crippen MR) is 84.7 cm³/mol. The first kappa shape index (κ1) is 12.8. The Balaban J connectivity index is 1.31. The first-order chi connectivity index (χ1) is 10.8. The van der Waals surface area contributed by atoms with E-state index in [9.17, 15) is 0 Å². The molecule has 6 nitrogen and oxygen atoms in total. The van der Waals surface area contributed by atoms with E-state index in [1.54, 1.807) is 6.33 Å². The van der Waals surface area contributed by atoms with Crippen LogP contribution in [0.5, 0.6) is 0 Å². The average molecular weight is 298 g/mol. The van der Waals surface area contributed by atoms with Gasteiger partial charge in [0, 0.05) is 39.3 Å². The summed E-state index contributed by atoms with van der Waals surface area (Å²) in [6.07, 6.45) is 7.85. The third-order valence-electron chi connectivity index (χ3n) is 5.91. The highest BCUT2D eigenvalue weighted by Gasteiger charge is 2.42. The van der Waals surface area contributed by atoms with Gasteiger partial charge >= 0.3 is 0 Å². The molecule has 1 saturated carbocycles. The van der Waals surface area contributed by atoms with Crippen molar-refractivity contribution in [1.82, 2.24) is 24.4 Å². The molecule has 3 aliphatic rings. The molecule has 5 rings (SSSR count). The molecule has 0 spiro atoms. The van der Waals surface area contributed by atoms with Gasteiger partial charge in [0.1, 0.15) is 6.33 Å². The van der Waals surface area contributed by atoms with Crippen LogP contribution >= 0.6 is 0 Å². The number of aryl methyl sites for hydroxylation is 1. The molecular weight excluding hydrogens is 276 g/mol. The van der Waals surface area contributed by atoms with E-state index in [0.717, 1.165) is 41.9 Å². The van der Waals surface area contributed by atoms with Gasteiger partial charge in [-0.25, -0.2) is 15.0 Å². The molecular formula is C16H22N6. The molecule has 2 saturated heterocycles. The maximum absolute atomic E-state index is 4.48. The minimum Gasteiger partial charge on any atom is -0.351 e. The number of likely N-dealkylation sites (tertiary alicyclic amines) is 1. The Morgan fingerprint density at radius 3 is 2.55 bits per heavy atom. The summed E-state index contributed by atoms with van der Waals surface area (Å²) in [5.41, 5.74) is 1.85. The van der Waals surface area contributed by atoms with Crippen LogP contribution in [0.3, 0.4) is 0 Å². The lowest BCUT2D eigenvalue weighted by Crippen LogP contribution is -2.59. The van der Waals surface area contributed by atoms with Crippen molar-refractivity contribution in [2.24, 2.45) is 18.9 Å². The molecule has 2 aromatic rings. The minimum atomic E-state index is 0.708. The number of anilines is 1. The van der Waals surface area contributed by atoms with Crippen LogP contribution in [0.4, 0.5) is 5.82 Å². The fourth-order valence-electron chi connectivity index (χ4n) is 4.59. The standard InChI is InChI=1S/C16H22N6/c1-20-10-19-14-15(20)17-9-18-16(14)22-7-13(8-22)21-5-11-3-2-4-12(11)6-21/h9-13H,2-8H2,1H3. The predicted octanol–water partition coefficient (Wildman–Crippen LogP) is 1.28. The maximum atomic E-state index is 4.48. The molecule has 2 unspecified atom stereocenters. The summed E-state index contributed by atoms with van der Waals surface area (Å²) in [5, 5.41) is 0. The second-order valence-electron chi connectivity index (χ2n) is 7.19. The van der Waals surface area contributed by atoms with E-state index in [-0.39, 0.29) is 0 Å². The Morgan fingerprint density at radius 1 is 1.00 bits per heavy atom. The van der Waals surface area contributed by atoms with Crippen LogP contribution in [-0.2, 0) is 7.05 Å². The average Bonchev–Trinajstić information content (AvgIpc) is 3.13. The Hall–Kier alpha value is -1.69. The van der Waals surface area contributed by atoms with Crippen molar-refractivity contribution in [2.75, 3.05) is 31.1 Å². The molecule has 0 amide bonds. The van der Waals surface area contributed by atoms with Crippen LogP contribution < -0.4 is 4.90 Å². The van der Waals surface area contributed by atoms with Crippen LogP contribution in [0.2, 0.25) is 0 Å². The van der Waals surface area contributed by atoms with Gasteiger partial charge in [-0.15, -0.1) is 0 Å². The van der Waals surface area contributed by atoms with Crippen molar-refractivity contribution in [3.8, 4) is 0 Å². The number of rotatable bonds is 2. The topological polar surface area (TPSA) is 50.1 Å². The summed E-state index contributed by atoms with van der Waals surface area (Å²) in [5.74, 6) is 2.97. The number of hydrogen-bond acceptors (Lipinski definition) is 5. The highest BCUT2D eigenvalue weighted by Crippen LogP contribution is 2.40. The van der Waals surface area contributed by atoms with Crippen molar-refractivity contribution in [1.29, 1.82) is 0 Å². The smallest absolute Gasteiger partial charge is 0.165 e. The quantitative estimate of drug-likeness (QED) is 0.836. The zero-order chi connectivity index (χ0) is 14.7. The zero-order valence-electron chi connectivity index (χ0n) is 13.0. The summed E-state index contributed by atoms with van der Waals surface area (Å²) < 4.78 is 1.96. The summed E-state index contributed by atoms with van der Waals surface area (Å²) in [6, 6.07) is 0.708. The Bertz CT molecular complexity index is 692. The minimum absolute atomic E-state index is 0.708. The second-order valence-corrected chi connectivity index (χ2v) is 7.19. The van der Waals surface area contributed by atoms with Crippen molar-refractivity contribution in [3.63, 3.8) is 0 Å². The van der Waals surface area contributed by atoms with Crippen LogP contribution in [0.1, 0.15) is 19.3 Å². The largest absolute Gasteiger partial charge is 0.351 e. The molecule has 22 heavy (non-hydrogen) atoms. The lowest BCUT2D eigenvalue weighted by Gasteiger charge is -2.45. The van der Waals surface area contributed by atoms with Gasteiger partial charge in [-0.05, 0) is 24.7 Å². The van der Waals surface area contributed by atoms with E-state index < -0.39 is 0 Å². The molecule has 116 valence electrons. The van der Waals surface area contributed by atoms with Gasteiger partial charge < -0.3 is 9.47 Å². The van der Waals surface area contributed by atoms with Crippen LogP contribution in [0, 0.1) is 11.8 Å². The van der Waals surface area contributed by atoms with Crippen molar-refractivity contribution >= 4 is 17.0 Å². The number of imidazole rings is 1. The first-order valence-electron chi connectivity index (χ1n) is 8.40. The molecule has 4 heterocycles. The van der Waals surface area contributed by atoms with E-state index in [2.05, 4.69) is 24.8 Å². The van der Waals surface area contributed by atoms with Gasteiger partial charge in [0.05, 0.1) is 6.33 Å². The van der Waals surface area contributed by atoms with Gasteiger partial charge in [0.25, 0.3) is 0 Å². The lowest BCUT2D eigenvalue weighted by atomic mass is 10.0. The van der Waals surface area contributed by atoms with Gasteiger partial charge in [-0.2, -0.15) is 0 Å². The van der Waals surface area contributed by atoms with Gasteiger partial charge in [-0.3, -0.25) is 4.90 Å². The maximum Gasteiger partial charge on any atom is 0.165 e. The molecule has 0 aromatic carbocycles. The van der Waals surface area contributed by atoms with Gasteiger partial charge in [-0.1, -0.05) is 6.42 Å². The Kier molecular flexibility index (Phi) is 2.71. The molecule has 3 fully saturated rings. The molecule has 6 heteroatoms. The molecule has 0 N–H and O–H groups in total. The Morgan fingerprint density at radius 2 is 1.77 bits per heavy atom. The number of hydrogen-bond donors (Lipinski definition) is 0. The second kappa shape index (κ2) is 4.65. The van der Waals surface area contributed by atoms with E-state index in [1.807, 2.05) is 17.9 Å². The van der Waals surface area contributed by atoms with Gasteiger partial charge in [0.2, 0.25) is 0 Å². The lowest BCUT2D eigenvalue weighted by molar-refractivity contribution is 0.190. The highest BCUT2D eigenvalue weighted by molar-refractivity contribution is 5.83. The molecule has 0 radical (unpaired) electrons. The molecule has 0 bridgehead atoms. The summed E-state index contributed by atoms with van der Waals surface area (Å²) in [4.78, 5) is 18.4. The molecule has 1 aliphatic carbocycles. The number of fused-ring (bicyclic) bond motifs is 2. The van der Waals surface area contributed by atoms with Crippen LogP contribution in [0.25, 0.3) is 11.2 Å². The SMILES string of the molecule is Cn1cnc2c(N3CC(N4CC5CCCC5C4)C3)ncnc21. The van der Waals surface area contributed by atoms with E-state index in [0.29, 0.717) is 6.04 Å². The number of nitrogens with zero attached hydrogens (tertiary/aromatic N) is 6. The normalized spacial score (nSPS) is 29.2. The summed E-state index contributed by atoms with van der Waals surface area (Å²) >= 11 is 0. The van der Waals surface area contributed by atoms with Crippen molar-refractivity contribution < 1.29 is 0 Å².